The SMILES string of the molecule is COc1cc(O[C@@H]2O[C@H](CO)[C@@H](O)[C@H](O)[C@H]2O)ccc1C=CCO. The first-order valence-electron chi connectivity index (χ1n) is 7.44. The van der Waals surface area contributed by atoms with Gasteiger partial charge in [0.05, 0.1) is 20.3 Å². The van der Waals surface area contributed by atoms with Gasteiger partial charge in [0.2, 0.25) is 6.29 Å². The van der Waals surface area contributed by atoms with Gasteiger partial charge in [-0.2, -0.15) is 0 Å². The Hall–Kier alpha value is -1.68. The number of rotatable bonds is 6. The molecule has 0 spiro atoms. The van der Waals surface area contributed by atoms with E-state index >= 15 is 0 Å². The Morgan fingerprint density at radius 1 is 1.12 bits per heavy atom. The van der Waals surface area contributed by atoms with E-state index in [1.165, 1.54) is 7.11 Å². The highest BCUT2D eigenvalue weighted by atomic mass is 16.7. The van der Waals surface area contributed by atoms with E-state index in [4.69, 9.17) is 24.4 Å². The molecule has 1 aliphatic heterocycles. The second-order valence-electron chi connectivity index (χ2n) is 5.30. The summed E-state index contributed by atoms with van der Waals surface area (Å²) in [6, 6.07) is 4.84. The van der Waals surface area contributed by atoms with Crippen molar-refractivity contribution in [2.45, 2.75) is 30.7 Å². The highest BCUT2D eigenvalue weighted by Crippen LogP contribution is 2.29. The molecule has 24 heavy (non-hydrogen) atoms. The minimum absolute atomic E-state index is 0.105. The molecule has 0 aromatic heterocycles. The summed E-state index contributed by atoms with van der Waals surface area (Å²) in [5.41, 5.74) is 0.715. The molecule has 0 saturated carbocycles. The molecular formula is C16H22O8. The van der Waals surface area contributed by atoms with Crippen LogP contribution in [-0.2, 0) is 4.74 Å². The molecule has 1 aromatic rings. The molecule has 5 atom stereocenters. The van der Waals surface area contributed by atoms with Crippen LogP contribution in [0.5, 0.6) is 11.5 Å². The van der Waals surface area contributed by atoms with Crippen molar-refractivity contribution >= 4 is 6.08 Å². The molecule has 8 heteroatoms. The molecular weight excluding hydrogens is 320 g/mol. The average molecular weight is 342 g/mol. The monoisotopic (exact) mass is 342 g/mol. The lowest BCUT2D eigenvalue weighted by Crippen LogP contribution is -2.60. The summed E-state index contributed by atoms with van der Waals surface area (Å²) in [7, 11) is 1.48. The van der Waals surface area contributed by atoms with Gasteiger partial charge < -0.3 is 39.7 Å². The maximum atomic E-state index is 9.97. The van der Waals surface area contributed by atoms with Gasteiger partial charge in [0.15, 0.2) is 0 Å². The minimum atomic E-state index is -1.51. The Bertz CT molecular complexity index is 559. The van der Waals surface area contributed by atoms with Gasteiger partial charge in [0, 0.05) is 11.6 Å². The van der Waals surface area contributed by atoms with E-state index in [0.717, 1.165) is 0 Å². The van der Waals surface area contributed by atoms with Gasteiger partial charge in [-0.15, -0.1) is 0 Å². The molecule has 0 aliphatic carbocycles. The number of ether oxygens (including phenoxy) is 3. The minimum Gasteiger partial charge on any atom is -0.496 e. The zero-order valence-corrected chi connectivity index (χ0v) is 13.1. The Morgan fingerprint density at radius 3 is 2.50 bits per heavy atom. The van der Waals surface area contributed by atoms with Crippen LogP contribution in [0.3, 0.4) is 0 Å². The van der Waals surface area contributed by atoms with Crippen LogP contribution in [0.2, 0.25) is 0 Å². The highest BCUT2D eigenvalue weighted by molar-refractivity contribution is 5.59. The van der Waals surface area contributed by atoms with E-state index in [1.54, 1.807) is 30.4 Å². The number of hydrogen-bond acceptors (Lipinski definition) is 8. The van der Waals surface area contributed by atoms with Crippen LogP contribution < -0.4 is 9.47 Å². The number of aliphatic hydroxyl groups is 5. The van der Waals surface area contributed by atoms with Crippen LogP contribution in [0.4, 0.5) is 0 Å². The molecule has 2 rings (SSSR count). The van der Waals surface area contributed by atoms with Gasteiger partial charge in [-0.25, -0.2) is 0 Å². The molecule has 1 saturated heterocycles. The second-order valence-corrected chi connectivity index (χ2v) is 5.30. The molecule has 134 valence electrons. The summed E-state index contributed by atoms with van der Waals surface area (Å²) in [6.45, 7) is -0.634. The van der Waals surface area contributed by atoms with E-state index in [2.05, 4.69) is 0 Å². The van der Waals surface area contributed by atoms with Crippen LogP contribution in [0.25, 0.3) is 6.08 Å². The van der Waals surface area contributed by atoms with Crippen molar-refractivity contribution in [1.29, 1.82) is 0 Å². The third kappa shape index (κ3) is 4.04. The van der Waals surface area contributed by atoms with Crippen molar-refractivity contribution in [2.24, 2.45) is 0 Å². The fraction of sp³-hybridized carbons (Fsp3) is 0.500. The normalized spacial score (nSPS) is 30.5. The Labute approximate surface area is 139 Å². The Balaban J connectivity index is 2.16. The third-order valence-corrected chi connectivity index (χ3v) is 3.71. The Morgan fingerprint density at radius 2 is 1.88 bits per heavy atom. The highest BCUT2D eigenvalue weighted by Gasteiger charge is 2.44. The standard InChI is InChI=1S/C16H22O8/c1-22-11-7-10(5-4-9(11)3-2-6-17)23-16-15(21)14(20)13(19)12(8-18)24-16/h2-5,7,12-21H,6,8H2,1H3/t12-,13-,14+,15-,16-/m1/s1. The molecule has 0 bridgehead atoms. The van der Waals surface area contributed by atoms with E-state index < -0.39 is 37.3 Å². The molecule has 5 N–H and O–H groups in total. The number of hydrogen-bond donors (Lipinski definition) is 5. The fourth-order valence-corrected chi connectivity index (χ4v) is 2.38. The predicted molar refractivity (Wildman–Crippen MR) is 83.5 cm³/mol. The van der Waals surface area contributed by atoms with Crippen LogP contribution in [0.15, 0.2) is 24.3 Å². The number of methoxy groups -OCH3 is 1. The number of benzene rings is 1. The lowest BCUT2D eigenvalue weighted by molar-refractivity contribution is -0.277. The molecule has 1 aliphatic rings. The van der Waals surface area contributed by atoms with Gasteiger partial charge in [0.1, 0.15) is 35.9 Å². The molecule has 0 amide bonds. The van der Waals surface area contributed by atoms with Crippen molar-refractivity contribution in [1.82, 2.24) is 0 Å². The first kappa shape index (κ1) is 18.7. The molecule has 8 nitrogen and oxygen atoms in total. The Kier molecular flexibility index (Phi) is 6.55. The van der Waals surface area contributed by atoms with E-state index in [-0.39, 0.29) is 6.61 Å². The van der Waals surface area contributed by atoms with Crippen molar-refractivity contribution in [3.8, 4) is 11.5 Å². The van der Waals surface area contributed by atoms with Crippen LogP contribution in [-0.4, -0.2) is 76.6 Å². The van der Waals surface area contributed by atoms with Crippen LogP contribution in [0.1, 0.15) is 5.56 Å². The van der Waals surface area contributed by atoms with Crippen molar-refractivity contribution in [3.63, 3.8) is 0 Å². The lowest BCUT2D eigenvalue weighted by atomic mass is 9.99. The zero-order chi connectivity index (χ0) is 17.7. The predicted octanol–water partition coefficient (Wildman–Crippen LogP) is -1.12. The maximum Gasteiger partial charge on any atom is 0.229 e. The fourth-order valence-electron chi connectivity index (χ4n) is 2.38. The van der Waals surface area contributed by atoms with Gasteiger partial charge in [0.25, 0.3) is 0 Å². The smallest absolute Gasteiger partial charge is 0.229 e. The zero-order valence-electron chi connectivity index (χ0n) is 13.1. The van der Waals surface area contributed by atoms with Crippen molar-refractivity contribution in [2.75, 3.05) is 20.3 Å². The van der Waals surface area contributed by atoms with Crippen LogP contribution >= 0.6 is 0 Å². The molecule has 1 heterocycles. The molecule has 0 radical (unpaired) electrons. The average Bonchev–Trinajstić information content (AvgIpc) is 2.60. The summed E-state index contributed by atoms with van der Waals surface area (Å²) < 4.78 is 16.0. The molecule has 1 aromatic carbocycles. The van der Waals surface area contributed by atoms with Gasteiger partial charge in [-0.05, 0) is 12.1 Å². The van der Waals surface area contributed by atoms with E-state index in [9.17, 15) is 15.3 Å². The molecule has 0 unspecified atom stereocenters. The summed E-state index contributed by atoms with van der Waals surface area (Å²) in [5.74, 6) is 0.777. The topological polar surface area (TPSA) is 129 Å². The summed E-state index contributed by atoms with van der Waals surface area (Å²) in [6.07, 6.45) is -3.50. The summed E-state index contributed by atoms with van der Waals surface area (Å²) in [5, 5.41) is 47.5. The van der Waals surface area contributed by atoms with Gasteiger partial charge >= 0.3 is 0 Å². The molecule has 1 fully saturated rings. The number of aliphatic hydroxyl groups excluding tert-OH is 5. The first-order chi connectivity index (χ1) is 11.5. The summed E-state index contributed by atoms with van der Waals surface area (Å²) in [4.78, 5) is 0. The van der Waals surface area contributed by atoms with Crippen molar-refractivity contribution in [3.05, 3.63) is 29.8 Å². The third-order valence-electron chi connectivity index (χ3n) is 3.71. The summed E-state index contributed by atoms with van der Waals surface area (Å²) >= 11 is 0. The maximum absolute atomic E-state index is 9.97. The first-order valence-corrected chi connectivity index (χ1v) is 7.44. The quantitative estimate of drug-likeness (QED) is 0.440. The van der Waals surface area contributed by atoms with Gasteiger partial charge in [-0.1, -0.05) is 12.2 Å². The van der Waals surface area contributed by atoms with Crippen molar-refractivity contribution < 1.29 is 39.7 Å². The van der Waals surface area contributed by atoms with E-state index in [1.807, 2.05) is 0 Å². The van der Waals surface area contributed by atoms with Gasteiger partial charge in [-0.3, -0.25) is 0 Å². The van der Waals surface area contributed by atoms with Crippen LogP contribution in [0, 0.1) is 0 Å². The van der Waals surface area contributed by atoms with E-state index in [0.29, 0.717) is 17.1 Å². The lowest BCUT2D eigenvalue weighted by Gasteiger charge is -2.39. The largest absolute Gasteiger partial charge is 0.496 e. The second kappa shape index (κ2) is 8.43.